The van der Waals surface area contributed by atoms with Crippen molar-refractivity contribution in [3.63, 3.8) is 0 Å². The van der Waals surface area contributed by atoms with Gasteiger partial charge in [-0.2, -0.15) is 4.79 Å². The fourth-order valence-corrected chi connectivity index (χ4v) is 2.39. The Kier molecular flexibility index (Phi) is 4.27. The van der Waals surface area contributed by atoms with E-state index < -0.39 is 17.0 Å². The van der Waals surface area contributed by atoms with Gasteiger partial charge in [0.25, 0.3) is 0 Å². The molecule has 1 aliphatic rings. The first-order valence-electron chi connectivity index (χ1n) is 6.36. The van der Waals surface area contributed by atoms with Crippen LogP contribution in [0.3, 0.4) is 0 Å². The molecule has 2 unspecified atom stereocenters. The smallest absolute Gasteiger partial charge is 0.468 e. The van der Waals surface area contributed by atoms with Crippen molar-refractivity contribution in [1.82, 2.24) is 0 Å². The number of quaternary nitrogens is 1. The largest absolute Gasteiger partial charge is 0.516 e. The van der Waals surface area contributed by atoms with Gasteiger partial charge in [-0.05, 0) is 20.8 Å². The van der Waals surface area contributed by atoms with E-state index in [4.69, 9.17) is 9.47 Å². The molecule has 0 saturated carbocycles. The molecule has 1 heterocycles. The second-order valence-electron chi connectivity index (χ2n) is 6.44. The van der Waals surface area contributed by atoms with E-state index in [2.05, 4.69) is 0 Å². The molecule has 6 heteroatoms. The number of aliphatic hydroxyl groups excluding tert-OH is 1. The summed E-state index contributed by atoms with van der Waals surface area (Å²) in [7, 11) is 3.00. The molecule has 0 aromatic rings. The SMILES string of the molecule is COC(=O)C1(CO)CC[N+](C)(C(=O)OC(C)(C)C)C1. The highest BCUT2D eigenvalue weighted by molar-refractivity contribution is 5.78. The van der Waals surface area contributed by atoms with E-state index in [0.717, 1.165) is 0 Å². The van der Waals surface area contributed by atoms with Gasteiger partial charge in [-0.15, -0.1) is 0 Å². The monoisotopic (exact) mass is 274 g/mol. The highest BCUT2D eigenvalue weighted by Gasteiger charge is 2.56. The Morgan fingerprint density at radius 2 is 1.95 bits per heavy atom. The number of amides is 1. The second-order valence-corrected chi connectivity index (χ2v) is 6.44. The van der Waals surface area contributed by atoms with Crippen LogP contribution in [0.25, 0.3) is 0 Å². The van der Waals surface area contributed by atoms with E-state index in [1.54, 1.807) is 27.8 Å². The number of esters is 1. The van der Waals surface area contributed by atoms with Crippen LogP contribution in [-0.2, 0) is 14.3 Å². The predicted octanol–water partition coefficient (Wildman–Crippen LogP) is 0.923. The fourth-order valence-electron chi connectivity index (χ4n) is 2.39. The van der Waals surface area contributed by atoms with Crippen LogP contribution in [0.5, 0.6) is 0 Å². The highest BCUT2D eigenvalue weighted by Crippen LogP contribution is 2.36. The van der Waals surface area contributed by atoms with E-state index in [1.165, 1.54) is 7.11 Å². The van der Waals surface area contributed by atoms with Crippen molar-refractivity contribution < 1.29 is 28.7 Å². The molecule has 1 aliphatic heterocycles. The molecule has 0 aliphatic carbocycles. The first kappa shape index (κ1) is 15.9. The molecule has 0 radical (unpaired) electrons. The quantitative estimate of drug-likeness (QED) is 0.599. The number of hydrogen-bond acceptors (Lipinski definition) is 5. The normalized spacial score (nSPS) is 31.1. The Hall–Kier alpha value is -1.14. The van der Waals surface area contributed by atoms with Crippen molar-refractivity contribution >= 4 is 12.1 Å². The summed E-state index contributed by atoms with van der Waals surface area (Å²) in [5.41, 5.74) is -1.57. The van der Waals surface area contributed by atoms with Gasteiger partial charge in [-0.1, -0.05) is 0 Å². The van der Waals surface area contributed by atoms with Gasteiger partial charge in [-0.25, -0.2) is 4.48 Å². The van der Waals surface area contributed by atoms with E-state index in [-0.39, 0.29) is 23.7 Å². The van der Waals surface area contributed by atoms with Crippen LogP contribution in [0, 0.1) is 5.41 Å². The maximum atomic E-state index is 12.2. The summed E-state index contributed by atoms with van der Waals surface area (Å²) in [4.78, 5) is 24.0. The minimum atomic E-state index is -1.000. The van der Waals surface area contributed by atoms with E-state index in [0.29, 0.717) is 13.0 Å². The maximum Gasteiger partial charge on any atom is 0.516 e. The topological polar surface area (TPSA) is 72.8 Å². The van der Waals surface area contributed by atoms with Crippen molar-refractivity contribution in [2.45, 2.75) is 32.8 Å². The summed E-state index contributed by atoms with van der Waals surface area (Å²) in [6.45, 7) is 5.72. The van der Waals surface area contributed by atoms with Gasteiger partial charge in [0.05, 0.1) is 27.3 Å². The van der Waals surface area contributed by atoms with Crippen molar-refractivity contribution in [2.24, 2.45) is 5.41 Å². The first-order chi connectivity index (χ1) is 8.58. The van der Waals surface area contributed by atoms with Gasteiger partial charge < -0.3 is 14.6 Å². The number of ether oxygens (including phenoxy) is 2. The average Bonchev–Trinajstić information content (AvgIpc) is 2.67. The highest BCUT2D eigenvalue weighted by atomic mass is 16.6. The van der Waals surface area contributed by atoms with E-state index in [9.17, 15) is 14.7 Å². The number of methoxy groups -OCH3 is 1. The third-order valence-corrected chi connectivity index (χ3v) is 3.49. The van der Waals surface area contributed by atoms with Gasteiger partial charge in [0.1, 0.15) is 17.6 Å². The van der Waals surface area contributed by atoms with Gasteiger partial charge in [0.2, 0.25) is 0 Å². The molecule has 19 heavy (non-hydrogen) atoms. The van der Waals surface area contributed by atoms with Crippen LogP contribution in [0.2, 0.25) is 0 Å². The van der Waals surface area contributed by atoms with Gasteiger partial charge in [0.15, 0.2) is 0 Å². The Labute approximate surface area is 113 Å². The molecule has 1 N–H and O–H groups in total. The number of hydrogen-bond donors (Lipinski definition) is 1. The summed E-state index contributed by atoms with van der Waals surface area (Å²) < 4.78 is 10.1. The Morgan fingerprint density at radius 3 is 2.37 bits per heavy atom. The van der Waals surface area contributed by atoms with Gasteiger partial charge >= 0.3 is 12.1 Å². The van der Waals surface area contributed by atoms with Crippen molar-refractivity contribution in [2.75, 3.05) is 33.9 Å². The van der Waals surface area contributed by atoms with Gasteiger partial charge in [-0.3, -0.25) is 4.79 Å². The molecular weight excluding hydrogens is 250 g/mol. The third-order valence-electron chi connectivity index (χ3n) is 3.49. The first-order valence-corrected chi connectivity index (χ1v) is 6.36. The number of aliphatic hydroxyl groups is 1. The van der Waals surface area contributed by atoms with E-state index in [1.807, 2.05) is 0 Å². The molecule has 2 atom stereocenters. The molecule has 0 spiro atoms. The molecule has 1 saturated heterocycles. The zero-order valence-corrected chi connectivity index (χ0v) is 12.4. The lowest BCUT2D eigenvalue weighted by molar-refractivity contribution is -0.828. The standard InChI is InChI=1S/C13H24NO5/c1-12(2,3)19-11(17)14(4)7-6-13(8-14,9-15)10(16)18-5/h15H,6-9H2,1-5H3/q+1. The van der Waals surface area contributed by atoms with Crippen LogP contribution in [0.1, 0.15) is 27.2 Å². The lowest BCUT2D eigenvalue weighted by Gasteiger charge is -2.30. The number of carbonyl (C=O) groups excluding carboxylic acids is 2. The van der Waals surface area contributed by atoms with Crippen LogP contribution in [0.15, 0.2) is 0 Å². The van der Waals surface area contributed by atoms with Crippen molar-refractivity contribution in [3.8, 4) is 0 Å². The van der Waals surface area contributed by atoms with Crippen LogP contribution >= 0.6 is 0 Å². The molecule has 0 bridgehead atoms. The minimum Gasteiger partial charge on any atom is -0.468 e. The Morgan fingerprint density at radius 1 is 1.37 bits per heavy atom. The fraction of sp³-hybridized carbons (Fsp3) is 0.846. The molecule has 0 aromatic heterocycles. The molecule has 1 rings (SSSR count). The number of carbonyl (C=O) groups is 2. The molecule has 110 valence electrons. The average molecular weight is 274 g/mol. The third kappa shape index (κ3) is 3.25. The van der Waals surface area contributed by atoms with Gasteiger partial charge in [0, 0.05) is 6.42 Å². The Balaban J connectivity index is 2.88. The number of rotatable bonds is 2. The minimum absolute atomic E-state index is 0.0209. The summed E-state index contributed by atoms with van der Waals surface area (Å²) in [6.07, 6.45) is 0.0260. The molecule has 6 nitrogen and oxygen atoms in total. The molecule has 1 fully saturated rings. The lowest BCUT2D eigenvalue weighted by atomic mass is 9.88. The zero-order valence-electron chi connectivity index (χ0n) is 12.4. The predicted molar refractivity (Wildman–Crippen MR) is 68.3 cm³/mol. The van der Waals surface area contributed by atoms with Crippen LogP contribution in [-0.4, -0.2) is 61.1 Å². The zero-order chi connectivity index (χ0) is 14.9. The molecule has 0 aromatic carbocycles. The van der Waals surface area contributed by atoms with Crippen LogP contribution < -0.4 is 0 Å². The summed E-state index contributed by atoms with van der Waals surface area (Å²) in [5, 5.41) is 9.50. The number of likely N-dealkylation sites (tertiary alicyclic amines) is 1. The molecular formula is C13H24NO5+. The summed E-state index contributed by atoms with van der Waals surface area (Å²) in [5.74, 6) is -0.472. The van der Waals surface area contributed by atoms with Crippen molar-refractivity contribution in [1.29, 1.82) is 0 Å². The maximum absolute atomic E-state index is 12.2. The van der Waals surface area contributed by atoms with Crippen molar-refractivity contribution in [3.05, 3.63) is 0 Å². The second kappa shape index (κ2) is 5.09. The number of nitrogens with zero attached hydrogens (tertiary/aromatic N) is 1. The van der Waals surface area contributed by atoms with Crippen LogP contribution in [0.4, 0.5) is 4.79 Å². The Bertz CT molecular complexity index is 376. The van der Waals surface area contributed by atoms with E-state index >= 15 is 0 Å². The summed E-state index contributed by atoms with van der Waals surface area (Å²) >= 11 is 0. The lowest BCUT2D eigenvalue weighted by Crippen LogP contribution is -2.52. The summed E-state index contributed by atoms with van der Waals surface area (Å²) in [6, 6.07) is 0. The molecule has 1 amide bonds.